The van der Waals surface area contributed by atoms with E-state index in [1.165, 1.54) is 0 Å². The van der Waals surface area contributed by atoms with Gasteiger partial charge < -0.3 is 0 Å². The molecule has 116 valence electrons. The highest BCUT2D eigenvalue weighted by atomic mass is 32.2. The van der Waals surface area contributed by atoms with Gasteiger partial charge in [0.15, 0.2) is 37.0 Å². The van der Waals surface area contributed by atoms with Crippen molar-refractivity contribution < 1.29 is 43.7 Å². The van der Waals surface area contributed by atoms with Crippen LogP contribution in [0, 0.1) is 0 Å². The molecule has 6 unspecified atom stereocenters. The second kappa shape index (κ2) is 7.27. The van der Waals surface area contributed by atoms with Crippen LogP contribution in [0.1, 0.15) is 0 Å². The number of hydrogen-bond donors (Lipinski definition) is 1. The van der Waals surface area contributed by atoms with Crippen LogP contribution in [0.25, 0.3) is 0 Å². The van der Waals surface area contributed by atoms with Crippen LogP contribution in [0.4, 0.5) is 30.7 Å². The molecule has 6 atom stereocenters. The van der Waals surface area contributed by atoms with Gasteiger partial charge in [-0.25, -0.2) is 30.7 Å². The van der Waals surface area contributed by atoms with Crippen molar-refractivity contribution in [2.45, 2.75) is 37.0 Å². The zero-order valence-electron chi connectivity index (χ0n) is 9.20. The van der Waals surface area contributed by atoms with Crippen LogP contribution in [-0.2, 0) is 10.1 Å². The molecule has 0 aromatic heterocycles. The minimum Gasteiger partial charge on any atom is -0.285 e. The first-order valence-corrected chi connectivity index (χ1v) is 6.47. The van der Waals surface area contributed by atoms with Gasteiger partial charge in [-0.1, -0.05) is 0 Å². The van der Waals surface area contributed by atoms with Gasteiger partial charge in [0, 0.05) is 0 Å². The Balaban J connectivity index is 4.67. The smallest absolute Gasteiger partial charge is 0.267 e. The standard InChI is InChI=1S/C8H11F7O3S/c9-1-3(10)5(12)7(14)8(15)6(13)4(11)2-19(16,17)18/h3-8H,1-2H2,(H,16,17,18). The molecule has 19 heavy (non-hydrogen) atoms. The quantitative estimate of drug-likeness (QED) is 0.549. The van der Waals surface area contributed by atoms with Crippen molar-refractivity contribution in [1.82, 2.24) is 0 Å². The highest BCUT2D eigenvalue weighted by molar-refractivity contribution is 7.85. The van der Waals surface area contributed by atoms with Crippen LogP contribution in [0.3, 0.4) is 0 Å². The summed E-state index contributed by atoms with van der Waals surface area (Å²) in [5, 5.41) is 0. The Morgan fingerprint density at radius 3 is 1.47 bits per heavy atom. The fourth-order valence-electron chi connectivity index (χ4n) is 1.13. The van der Waals surface area contributed by atoms with E-state index in [-0.39, 0.29) is 0 Å². The lowest BCUT2D eigenvalue weighted by Gasteiger charge is -2.22. The van der Waals surface area contributed by atoms with Gasteiger partial charge in [0.05, 0.1) is 0 Å². The van der Waals surface area contributed by atoms with E-state index in [0.717, 1.165) is 0 Å². The van der Waals surface area contributed by atoms with Crippen molar-refractivity contribution in [2.24, 2.45) is 0 Å². The third kappa shape index (κ3) is 5.93. The maximum absolute atomic E-state index is 13.0. The monoisotopic (exact) mass is 320 g/mol. The molecule has 3 nitrogen and oxygen atoms in total. The first kappa shape index (κ1) is 18.4. The summed E-state index contributed by atoms with van der Waals surface area (Å²) in [5.41, 5.74) is 0. The Bertz CT molecular complexity index is 365. The molecule has 0 aromatic rings. The Morgan fingerprint density at radius 1 is 0.789 bits per heavy atom. The van der Waals surface area contributed by atoms with Crippen LogP contribution < -0.4 is 0 Å². The number of halogens is 7. The topological polar surface area (TPSA) is 54.4 Å². The molecule has 0 radical (unpaired) electrons. The SMILES string of the molecule is O=S(=O)(O)CC(F)C(F)C(F)C(F)C(F)C(F)CF. The van der Waals surface area contributed by atoms with Gasteiger partial charge in [0.1, 0.15) is 12.4 Å². The molecular weight excluding hydrogens is 309 g/mol. The zero-order valence-corrected chi connectivity index (χ0v) is 10.0. The fraction of sp³-hybridized carbons (Fsp3) is 1.00. The van der Waals surface area contributed by atoms with E-state index in [1.54, 1.807) is 0 Å². The molecule has 0 spiro atoms. The average Bonchev–Trinajstić information content (AvgIpc) is 2.31. The van der Waals surface area contributed by atoms with E-state index in [4.69, 9.17) is 4.55 Å². The summed E-state index contributed by atoms with van der Waals surface area (Å²) in [6.45, 7) is -1.99. The van der Waals surface area contributed by atoms with Gasteiger partial charge in [0.25, 0.3) is 10.1 Å². The molecule has 0 aliphatic heterocycles. The van der Waals surface area contributed by atoms with Crippen LogP contribution >= 0.6 is 0 Å². The van der Waals surface area contributed by atoms with Crippen LogP contribution in [-0.4, -0.2) is 62.4 Å². The molecule has 0 aliphatic carbocycles. The predicted molar refractivity (Wildman–Crippen MR) is 51.8 cm³/mol. The van der Waals surface area contributed by atoms with E-state index >= 15 is 0 Å². The predicted octanol–water partition coefficient (Wildman–Crippen LogP) is 1.87. The lowest BCUT2D eigenvalue weighted by atomic mass is 10.0. The largest absolute Gasteiger partial charge is 0.285 e. The summed E-state index contributed by atoms with van der Waals surface area (Å²) < 4.78 is 117. The second-order valence-corrected chi connectivity index (χ2v) is 5.21. The number of rotatable bonds is 8. The first-order valence-electron chi connectivity index (χ1n) is 4.86. The molecule has 0 fully saturated rings. The average molecular weight is 320 g/mol. The van der Waals surface area contributed by atoms with Crippen molar-refractivity contribution in [3.05, 3.63) is 0 Å². The molecule has 1 N–H and O–H groups in total. The van der Waals surface area contributed by atoms with Crippen molar-refractivity contribution in [1.29, 1.82) is 0 Å². The summed E-state index contributed by atoms with van der Waals surface area (Å²) in [7, 11) is -5.00. The minimum atomic E-state index is -5.00. The molecule has 0 amide bonds. The summed E-state index contributed by atoms with van der Waals surface area (Å²) in [6, 6.07) is 0. The highest BCUT2D eigenvalue weighted by Gasteiger charge is 2.44. The van der Waals surface area contributed by atoms with E-state index < -0.39 is 59.6 Å². The Labute approximate surface area is 104 Å². The fourth-order valence-corrected chi connectivity index (χ4v) is 1.71. The van der Waals surface area contributed by atoms with Gasteiger partial charge >= 0.3 is 0 Å². The number of alkyl halides is 7. The molecular formula is C8H11F7O3S. The third-order valence-electron chi connectivity index (χ3n) is 2.12. The Morgan fingerprint density at radius 2 is 1.16 bits per heavy atom. The number of hydrogen-bond acceptors (Lipinski definition) is 2. The first-order chi connectivity index (χ1) is 8.51. The van der Waals surface area contributed by atoms with Gasteiger partial charge in [-0.15, -0.1) is 0 Å². The Kier molecular flexibility index (Phi) is 7.05. The minimum absolute atomic E-state index is 1.87. The summed E-state index contributed by atoms with van der Waals surface area (Å²) in [5.74, 6) is -1.87. The lowest BCUT2D eigenvalue weighted by molar-refractivity contribution is -0.0204. The van der Waals surface area contributed by atoms with E-state index in [9.17, 15) is 39.2 Å². The normalized spacial score (nSPS) is 22.3. The maximum Gasteiger partial charge on any atom is 0.267 e. The molecule has 0 aliphatic rings. The second-order valence-electron chi connectivity index (χ2n) is 3.71. The van der Waals surface area contributed by atoms with Gasteiger partial charge in [-0.05, 0) is 0 Å². The van der Waals surface area contributed by atoms with Crippen molar-refractivity contribution in [3.8, 4) is 0 Å². The Hall–Kier alpha value is -0.580. The summed E-state index contributed by atoms with van der Waals surface area (Å²) >= 11 is 0. The van der Waals surface area contributed by atoms with Crippen molar-refractivity contribution in [3.63, 3.8) is 0 Å². The van der Waals surface area contributed by atoms with E-state index in [2.05, 4.69) is 0 Å². The van der Waals surface area contributed by atoms with Crippen molar-refractivity contribution >= 4 is 10.1 Å². The van der Waals surface area contributed by atoms with Crippen LogP contribution in [0.5, 0.6) is 0 Å². The van der Waals surface area contributed by atoms with Gasteiger partial charge in [-0.2, -0.15) is 8.42 Å². The maximum atomic E-state index is 13.0. The molecule has 0 heterocycles. The molecule has 0 bridgehead atoms. The summed E-state index contributed by atoms with van der Waals surface area (Å²) in [6.07, 6.45) is -20.1. The van der Waals surface area contributed by atoms with Crippen LogP contribution in [0.15, 0.2) is 0 Å². The van der Waals surface area contributed by atoms with Gasteiger partial charge in [0.2, 0.25) is 0 Å². The molecule has 0 rings (SSSR count). The van der Waals surface area contributed by atoms with E-state index in [0.29, 0.717) is 0 Å². The third-order valence-corrected chi connectivity index (χ3v) is 2.86. The van der Waals surface area contributed by atoms with Crippen molar-refractivity contribution in [2.75, 3.05) is 12.4 Å². The highest BCUT2D eigenvalue weighted by Crippen LogP contribution is 2.24. The molecule has 0 aromatic carbocycles. The van der Waals surface area contributed by atoms with Gasteiger partial charge in [-0.3, -0.25) is 4.55 Å². The molecule has 0 saturated heterocycles. The van der Waals surface area contributed by atoms with Crippen LogP contribution in [0.2, 0.25) is 0 Å². The summed E-state index contributed by atoms with van der Waals surface area (Å²) in [4.78, 5) is 0. The van der Waals surface area contributed by atoms with E-state index in [1.807, 2.05) is 0 Å². The molecule has 11 heteroatoms. The zero-order chi connectivity index (χ0) is 15.4. The lowest BCUT2D eigenvalue weighted by Crippen LogP contribution is -2.44. The molecule has 0 saturated carbocycles.